The summed E-state index contributed by atoms with van der Waals surface area (Å²) in [5.41, 5.74) is 4.32. The average Bonchev–Trinajstić information content (AvgIpc) is 2.99. The first kappa shape index (κ1) is 17.9. The van der Waals surface area contributed by atoms with E-state index >= 15 is 0 Å². The van der Waals surface area contributed by atoms with Crippen LogP contribution in [0.2, 0.25) is 0 Å². The molecule has 0 amide bonds. The number of aromatic hydroxyl groups is 1. The highest BCUT2D eigenvalue weighted by atomic mass is 32.1. The zero-order valence-electron chi connectivity index (χ0n) is 14.0. The quantitative estimate of drug-likeness (QED) is 0.466. The van der Waals surface area contributed by atoms with Crippen LogP contribution in [0.5, 0.6) is 5.88 Å². The molecule has 1 saturated heterocycles. The Kier molecular flexibility index (Phi) is 5.49. The molecule has 1 aromatic carbocycles. The number of thiazole rings is 1. The molecule has 11 heteroatoms. The predicted molar refractivity (Wildman–Crippen MR) is 98.8 cm³/mol. The summed E-state index contributed by atoms with van der Waals surface area (Å²) in [5.74, 6) is -0.244. The van der Waals surface area contributed by atoms with Crippen molar-refractivity contribution in [1.29, 1.82) is 0 Å². The van der Waals surface area contributed by atoms with E-state index in [1.54, 1.807) is 0 Å². The molecule has 26 heavy (non-hydrogen) atoms. The fraction of sp³-hybridized carbons (Fsp3) is 0.333. The number of nitrogens with one attached hydrogen (secondary N) is 1. The molecule has 0 radical (unpaired) electrons. The van der Waals surface area contributed by atoms with Crippen LogP contribution in [0.4, 0.5) is 21.5 Å². The van der Waals surface area contributed by atoms with Gasteiger partial charge in [-0.1, -0.05) is 11.3 Å². The van der Waals surface area contributed by atoms with Crippen molar-refractivity contribution < 1.29 is 10.0 Å². The van der Waals surface area contributed by atoms with Crippen molar-refractivity contribution >= 4 is 38.6 Å². The van der Waals surface area contributed by atoms with Crippen molar-refractivity contribution in [3.05, 3.63) is 34.4 Å². The Morgan fingerprint density at radius 1 is 1.27 bits per heavy atom. The van der Waals surface area contributed by atoms with Gasteiger partial charge in [0.1, 0.15) is 0 Å². The fourth-order valence-electron chi connectivity index (χ4n) is 2.28. The predicted octanol–water partition coefficient (Wildman–Crippen LogP) is 3.67. The number of benzene rings is 1. The van der Waals surface area contributed by atoms with Crippen molar-refractivity contribution in [2.45, 2.75) is 12.8 Å². The largest absolute Gasteiger partial charge is 0.491 e. The van der Waals surface area contributed by atoms with Gasteiger partial charge in [-0.3, -0.25) is 15.5 Å². The number of likely N-dealkylation sites (tertiary alicyclic amines) is 1. The van der Waals surface area contributed by atoms with Crippen molar-refractivity contribution in [2.24, 2.45) is 15.3 Å². The molecule has 0 aliphatic carbocycles. The van der Waals surface area contributed by atoms with Crippen LogP contribution in [0.1, 0.15) is 12.8 Å². The van der Waals surface area contributed by atoms with Crippen LogP contribution in [0.25, 0.3) is 0 Å². The Labute approximate surface area is 153 Å². The maximum atomic E-state index is 10.6. The van der Waals surface area contributed by atoms with Gasteiger partial charge in [0.2, 0.25) is 10.1 Å². The highest BCUT2D eigenvalue weighted by molar-refractivity contribution is 7.19. The van der Waals surface area contributed by atoms with E-state index in [9.17, 15) is 15.2 Å². The molecule has 0 unspecified atom stereocenters. The molecule has 0 saturated carbocycles. The van der Waals surface area contributed by atoms with E-state index in [2.05, 4.69) is 37.7 Å². The zero-order chi connectivity index (χ0) is 18.5. The SMILES string of the molecule is CN1CCC(=NNc2nc(O)c(N=Nc3ccc([N+](=O)[O-])cc3)s2)CC1. The van der Waals surface area contributed by atoms with E-state index in [0.29, 0.717) is 10.8 Å². The number of hydrogen-bond donors (Lipinski definition) is 2. The van der Waals surface area contributed by atoms with Crippen molar-refractivity contribution in [3.8, 4) is 5.88 Å². The lowest BCUT2D eigenvalue weighted by Gasteiger charge is -2.22. The molecule has 2 aromatic rings. The lowest BCUT2D eigenvalue weighted by molar-refractivity contribution is -0.384. The maximum Gasteiger partial charge on any atom is 0.269 e. The Morgan fingerprint density at radius 2 is 1.96 bits per heavy atom. The molecule has 2 N–H and O–H groups in total. The molecule has 136 valence electrons. The molecule has 1 fully saturated rings. The van der Waals surface area contributed by atoms with Gasteiger partial charge in [-0.25, -0.2) is 0 Å². The minimum absolute atomic E-state index is 0.0240. The normalized spacial score (nSPS) is 15.3. The van der Waals surface area contributed by atoms with Gasteiger partial charge in [0, 0.05) is 43.8 Å². The molecule has 3 rings (SSSR count). The van der Waals surface area contributed by atoms with Crippen LogP contribution < -0.4 is 5.43 Å². The number of nitrogens with zero attached hydrogens (tertiary/aromatic N) is 6. The highest BCUT2D eigenvalue weighted by Crippen LogP contribution is 2.37. The van der Waals surface area contributed by atoms with Crippen LogP contribution in [-0.4, -0.2) is 45.8 Å². The number of piperidine rings is 1. The second-order valence-electron chi connectivity index (χ2n) is 5.71. The van der Waals surface area contributed by atoms with E-state index < -0.39 is 4.92 Å². The third-order valence-electron chi connectivity index (χ3n) is 3.78. The highest BCUT2D eigenvalue weighted by Gasteiger charge is 2.13. The van der Waals surface area contributed by atoms with E-state index in [-0.39, 0.29) is 16.6 Å². The van der Waals surface area contributed by atoms with E-state index in [1.807, 2.05) is 0 Å². The molecular formula is C15H17N7O3S. The van der Waals surface area contributed by atoms with Crippen LogP contribution >= 0.6 is 11.3 Å². The number of nitro groups is 1. The monoisotopic (exact) mass is 375 g/mol. The van der Waals surface area contributed by atoms with E-state index in [4.69, 9.17) is 0 Å². The topological polar surface area (TPSA) is 129 Å². The summed E-state index contributed by atoms with van der Waals surface area (Å²) < 4.78 is 0. The Balaban J connectivity index is 1.64. The number of anilines is 1. The van der Waals surface area contributed by atoms with Gasteiger partial charge in [-0.05, 0) is 19.2 Å². The Hall–Kier alpha value is -2.92. The number of aromatic nitrogens is 1. The van der Waals surface area contributed by atoms with Crippen LogP contribution in [0, 0.1) is 10.1 Å². The second kappa shape index (κ2) is 7.97. The maximum absolute atomic E-state index is 10.6. The lowest BCUT2D eigenvalue weighted by atomic mass is 10.1. The third kappa shape index (κ3) is 4.58. The second-order valence-corrected chi connectivity index (χ2v) is 6.69. The third-order valence-corrected chi connectivity index (χ3v) is 4.62. The Morgan fingerprint density at radius 3 is 2.62 bits per heavy atom. The zero-order valence-corrected chi connectivity index (χ0v) is 14.8. The first-order chi connectivity index (χ1) is 12.5. The molecule has 0 spiro atoms. The Bertz CT molecular complexity index is 837. The molecule has 0 atom stereocenters. The van der Waals surface area contributed by atoms with Gasteiger partial charge < -0.3 is 10.0 Å². The van der Waals surface area contributed by atoms with Crippen LogP contribution in [0.15, 0.2) is 39.6 Å². The molecular weight excluding hydrogens is 358 g/mol. The number of rotatable bonds is 5. The molecule has 2 heterocycles. The van der Waals surface area contributed by atoms with Gasteiger partial charge >= 0.3 is 0 Å². The van der Waals surface area contributed by atoms with Gasteiger partial charge in [-0.2, -0.15) is 10.1 Å². The van der Waals surface area contributed by atoms with E-state index in [0.717, 1.165) is 43.0 Å². The first-order valence-corrected chi connectivity index (χ1v) is 8.69. The summed E-state index contributed by atoms with van der Waals surface area (Å²) in [7, 11) is 2.07. The summed E-state index contributed by atoms with van der Waals surface area (Å²) in [5, 5.41) is 33.4. The van der Waals surface area contributed by atoms with Crippen LogP contribution in [0.3, 0.4) is 0 Å². The summed E-state index contributed by atoms with van der Waals surface area (Å²) in [6, 6.07) is 5.63. The van der Waals surface area contributed by atoms with Gasteiger partial charge in [-0.15, -0.1) is 10.2 Å². The number of hydrazone groups is 1. The number of non-ortho nitro benzene ring substituents is 1. The molecule has 10 nitrogen and oxygen atoms in total. The van der Waals surface area contributed by atoms with Crippen molar-refractivity contribution in [2.75, 3.05) is 25.6 Å². The fourth-order valence-corrected chi connectivity index (χ4v) is 2.90. The molecule has 1 aromatic heterocycles. The lowest BCUT2D eigenvalue weighted by Crippen LogP contribution is -2.30. The van der Waals surface area contributed by atoms with Crippen LogP contribution in [-0.2, 0) is 0 Å². The van der Waals surface area contributed by atoms with Crippen molar-refractivity contribution in [3.63, 3.8) is 0 Å². The van der Waals surface area contributed by atoms with E-state index in [1.165, 1.54) is 24.3 Å². The standard InChI is InChI=1S/C15H17N7O3S/c1-21-8-6-11(7-9-21)18-20-15-16-13(23)14(26-15)19-17-10-2-4-12(5-3-10)22(24)25/h2-5,23H,6-9H2,1H3,(H,16,20). The van der Waals surface area contributed by atoms with Gasteiger partial charge in [0.25, 0.3) is 11.6 Å². The molecule has 1 aliphatic rings. The number of nitro benzene ring substituents is 1. The summed E-state index contributed by atoms with van der Waals surface area (Å²) in [6.07, 6.45) is 1.79. The summed E-state index contributed by atoms with van der Waals surface area (Å²) >= 11 is 1.12. The number of azo groups is 1. The van der Waals surface area contributed by atoms with Gasteiger partial charge in [0.15, 0.2) is 0 Å². The average molecular weight is 375 g/mol. The summed E-state index contributed by atoms with van der Waals surface area (Å²) in [4.78, 5) is 16.3. The minimum atomic E-state index is -0.486. The van der Waals surface area contributed by atoms with Crippen molar-refractivity contribution in [1.82, 2.24) is 9.88 Å². The minimum Gasteiger partial charge on any atom is -0.491 e. The molecule has 1 aliphatic heterocycles. The molecule has 0 bridgehead atoms. The number of hydrogen-bond acceptors (Lipinski definition) is 10. The first-order valence-electron chi connectivity index (χ1n) is 7.87. The van der Waals surface area contributed by atoms with Gasteiger partial charge in [0.05, 0.1) is 10.6 Å². The smallest absolute Gasteiger partial charge is 0.269 e. The summed E-state index contributed by atoms with van der Waals surface area (Å²) in [6.45, 7) is 1.94.